The van der Waals surface area contributed by atoms with Crippen LogP contribution in [0.3, 0.4) is 0 Å². The third-order valence-electron chi connectivity index (χ3n) is 1.50. The van der Waals surface area contributed by atoms with Crippen molar-refractivity contribution in [1.82, 2.24) is 10.6 Å². The van der Waals surface area contributed by atoms with Crippen LogP contribution in [0.1, 0.15) is 6.92 Å². The number of carbonyl (C=O) groups excluding carboxylic acids is 1. The Kier molecular flexibility index (Phi) is 2.05. The molecule has 1 aliphatic rings. The summed E-state index contributed by atoms with van der Waals surface area (Å²) in [6.45, 7) is 4.39. The highest BCUT2D eigenvalue weighted by Crippen LogP contribution is 2.00. The van der Waals surface area contributed by atoms with Crippen LogP contribution in [0.25, 0.3) is 0 Å². The number of nitrogens with one attached hydrogen (secondary N) is 2. The van der Waals surface area contributed by atoms with Gasteiger partial charge in [0.2, 0.25) is 5.91 Å². The van der Waals surface area contributed by atoms with Crippen molar-refractivity contribution in [3.63, 3.8) is 0 Å². The fourth-order valence-electron chi connectivity index (χ4n) is 0.793. The van der Waals surface area contributed by atoms with E-state index >= 15 is 0 Å². The van der Waals surface area contributed by atoms with Crippen molar-refractivity contribution < 1.29 is 4.79 Å². The van der Waals surface area contributed by atoms with Crippen molar-refractivity contribution in [2.45, 2.75) is 6.92 Å². The van der Waals surface area contributed by atoms with Crippen molar-refractivity contribution in [1.29, 1.82) is 0 Å². The quantitative estimate of drug-likeness (QED) is 0.518. The first-order chi connectivity index (χ1) is 4.34. The Morgan fingerprint density at radius 1 is 1.78 bits per heavy atom. The molecule has 9 heavy (non-hydrogen) atoms. The molecule has 0 spiro atoms. The van der Waals surface area contributed by atoms with Crippen molar-refractivity contribution in [2.24, 2.45) is 5.92 Å². The van der Waals surface area contributed by atoms with Gasteiger partial charge in [-0.25, -0.2) is 0 Å². The number of rotatable bonds is 2. The summed E-state index contributed by atoms with van der Waals surface area (Å²) in [7, 11) is 0. The van der Waals surface area contributed by atoms with Gasteiger partial charge in [-0.05, 0) is 6.92 Å². The lowest BCUT2D eigenvalue weighted by atomic mass is 10.0. The molecule has 0 unspecified atom stereocenters. The lowest BCUT2D eigenvalue weighted by Crippen LogP contribution is -2.50. The third kappa shape index (κ3) is 1.42. The number of hydrogen-bond acceptors (Lipinski definition) is 2. The van der Waals surface area contributed by atoms with Crippen molar-refractivity contribution >= 4 is 5.91 Å². The predicted octanol–water partition coefficient (Wildman–Crippen LogP) is -0.658. The van der Waals surface area contributed by atoms with Gasteiger partial charge in [-0.15, -0.1) is 0 Å². The second-order valence-corrected chi connectivity index (χ2v) is 2.25. The maximum atomic E-state index is 10.9. The third-order valence-corrected chi connectivity index (χ3v) is 1.50. The van der Waals surface area contributed by atoms with E-state index in [2.05, 4.69) is 10.6 Å². The Bertz CT molecular complexity index is 110. The Morgan fingerprint density at radius 2 is 2.44 bits per heavy atom. The Hall–Kier alpha value is -0.570. The highest BCUT2D eigenvalue weighted by atomic mass is 16.2. The molecule has 1 aliphatic heterocycles. The van der Waals surface area contributed by atoms with Crippen molar-refractivity contribution in [3.05, 3.63) is 0 Å². The van der Waals surface area contributed by atoms with Gasteiger partial charge >= 0.3 is 0 Å². The molecule has 1 heterocycles. The molecular weight excluding hydrogens is 116 g/mol. The molecule has 1 rings (SSSR count). The molecule has 0 aromatic heterocycles. The maximum absolute atomic E-state index is 10.9. The van der Waals surface area contributed by atoms with Gasteiger partial charge in [-0.3, -0.25) is 4.79 Å². The predicted molar refractivity (Wildman–Crippen MR) is 35.0 cm³/mol. The smallest absolute Gasteiger partial charge is 0.225 e. The largest absolute Gasteiger partial charge is 0.356 e. The molecule has 0 saturated carbocycles. The van der Waals surface area contributed by atoms with E-state index in [0.29, 0.717) is 0 Å². The van der Waals surface area contributed by atoms with Gasteiger partial charge in [0.05, 0.1) is 5.92 Å². The lowest BCUT2D eigenvalue weighted by Gasteiger charge is -2.25. The summed E-state index contributed by atoms with van der Waals surface area (Å²) in [5, 5.41) is 5.81. The molecule has 2 N–H and O–H groups in total. The molecule has 1 saturated heterocycles. The average molecular weight is 128 g/mol. The average Bonchev–Trinajstić information content (AvgIpc) is 1.60. The van der Waals surface area contributed by atoms with Crippen LogP contribution in [0, 0.1) is 5.92 Å². The van der Waals surface area contributed by atoms with E-state index < -0.39 is 0 Å². The van der Waals surface area contributed by atoms with Crippen LogP contribution in [0.4, 0.5) is 0 Å². The highest BCUT2D eigenvalue weighted by molar-refractivity contribution is 5.79. The lowest BCUT2D eigenvalue weighted by molar-refractivity contribution is -0.126. The summed E-state index contributed by atoms with van der Waals surface area (Å²) >= 11 is 0. The van der Waals surface area contributed by atoms with Gasteiger partial charge < -0.3 is 10.6 Å². The summed E-state index contributed by atoms with van der Waals surface area (Å²) in [5.41, 5.74) is 0. The molecule has 3 heteroatoms. The summed E-state index contributed by atoms with van der Waals surface area (Å²) in [4.78, 5) is 10.9. The second kappa shape index (κ2) is 2.82. The normalized spacial score (nSPS) is 18.8. The summed E-state index contributed by atoms with van der Waals surface area (Å²) < 4.78 is 0. The molecule has 0 radical (unpaired) electrons. The number of amides is 1. The molecule has 3 nitrogen and oxygen atoms in total. The topological polar surface area (TPSA) is 41.1 Å². The molecule has 52 valence electrons. The van der Waals surface area contributed by atoms with Crippen molar-refractivity contribution in [3.8, 4) is 0 Å². The number of hydrogen-bond donors (Lipinski definition) is 2. The fourth-order valence-corrected chi connectivity index (χ4v) is 0.793. The fraction of sp³-hybridized carbons (Fsp3) is 0.833. The van der Waals surface area contributed by atoms with Gasteiger partial charge in [0.25, 0.3) is 0 Å². The molecule has 1 amide bonds. The minimum Gasteiger partial charge on any atom is -0.356 e. The SMILES string of the molecule is CCNC(=O)C1CNC1. The van der Waals surface area contributed by atoms with Gasteiger partial charge in [0.15, 0.2) is 0 Å². The summed E-state index contributed by atoms with van der Waals surface area (Å²) in [6, 6.07) is 0. The minimum absolute atomic E-state index is 0.191. The van der Waals surface area contributed by atoms with E-state index in [1.54, 1.807) is 0 Å². The Labute approximate surface area is 54.8 Å². The monoisotopic (exact) mass is 128 g/mol. The summed E-state index contributed by atoms with van der Waals surface area (Å²) in [6.07, 6.45) is 0. The highest BCUT2D eigenvalue weighted by Gasteiger charge is 2.23. The molecule has 1 fully saturated rings. The molecule has 0 bridgehead atoms. The summed E-state index contributed by atoms with van der Waals surface area (Å²) in [5.74, 6) is 0.432. The van der Waals surface area contributed by atoms with Crippen LogP contribution >= 0.6 is 0 Å². The van der Waals surface area contributed by atoms with E-state index in [0.717, 1.165) is 19.6 Å². The molecule has 0 aromatic rings. The first-order valence-electron chi connectivity index (χ1n) is 3.33. The van der Waals surface area contributed by atoms with Gasteiger partial charge in [-0.2, -0.15) is 0 Å². The van der Waals surface area contributed by atoms with Crippen LogP contribution in [0.5, 0.6) is 0 Å². The van der Waals surface area contributed by atoms with E-state index in [1.807, 2.05) is 6.92 Å². The van der Waals surface area contributed by atoms with Crippen LogP contribution < -0.4 is 10.6 Å². The molecule has 0 aromatic carbocycles. The zero-order valence-electron chi connectivity index (χ0n) is 5.61. The van der Waals surface area contributed by atoms with Crippen LogP contribution in [0.2, 0.25) is 0 Å². The maximum Gasteiger partial charge on any atom is 0.225 e. The van der Waals surface area contributed by atoms with E-state index in [1.165, 1.54) is 0 Å². The first kappa shape index (κ1) is 6.55. The minimum atomic E-state index is 0.191. The van der Waals surface area contributed by atoms with Gasteiger partial charge in [0, 0.05) is 19.6 Å². The molecule has 0 atom stereocenters. The number of carbonyl (C=O) groups is 1. The molecular formula is C6H12N2O. The second-order valence-electron chi connectivity index (χ2n) is 2.25. The Balaban J connectivity index is 2.16. The van der Waals surface area contributed by atoms with Gasteiger partial charge in [0.1, 0.15) is 0 Å². The van der Waals surface area contributed by atoms with Gasteiger partial charge in [-0.1, -0.05) is 0 Å². The van der Waals surface area contributed by atoms with E-state index in [9.17, 15) is 4.79 Å². The Morgan fingerprint density at radius 3 is 2.78 bits per heavy atom. The molecule has 0 aliphatic carbocycles. The van der Waals surface area contributed by atoms with Crippen LogP contribution in [0.15, 0.2) is 0 Å². The van der Waals surface area contributed by atoms with E-state index in [4.69, 9.17) is 0 Å². The van der Waals surface area contributed by atoms with Crippen LogP contribution in [-0.4, -0.2) is 25.5 Å². The van der Waals surface area contributed by atoms with Crippen molar-refractivity contribution in [2.75, 3.05) is 19.6 Å². The standard InChI is InChI=1S/C6H12N2O/c1-2-8-6(9)5-3-7-4-5/h5,7H,2-4H2,1H3,(H,8,9). The van der Waals surface area contributed by atoms with E-state index in [-0.39, 0.29) is 11.8 Å². The van der Waals surface area contributed by atoms with Crippen LogP contribution in [-0.2, 0) is 4.79 Å². The zero-order chi connectivity index (χ0) is 6.69. The first-order valence-corrected chi connectivity index (χ1v) is 3.33. The zero-order valence-corrected chi connectivity index (χ0v) is 5.61.